The quantitative estimate of drug-likeness (QED) is 0.371. The van der Waals surface area contributed by atoms with E-state index in [4.69, 9.17) is 0 Å². The Morgan fingerprint density at radius 3 is 2.23 bits per heavy atom. The third-order valence-electron chi connectivity index (χ3n) is 4.27. The maximum Gasteiger partial charge on any atom is 0.416 e. The highest BCUT2D eigenvalue weighted by molar-refractivity contribution is 7.80. The SMILES string of the molecule is CCN(CC)CCN(F)c1cccc(-c2ccc(C(F)(F)F)cc2S)c1. The Morgan fingerprint density at radius 2 is 1.65 bits per heavy atom. The second-order valence-electron chi connectivity index (χ2n) is 5.89. The van der Waals surface area contributed by atoms with Crippen LogP contribution in [-0.4, -0.2) is 31.1 Å². The molecule has 0 saturated carbocycles. The van der Waals surface area contributed by atoms with Crippen LogP contribution in [0.4, 0.5) is 23.3 Å². The van der Waals surface area contributed by atoms with Gasteiger partial charge < -0.3 is 4.90 Å². The first-order chi connectivity index (χ1) is 12.3. The second-order valence-corrected chi connectivity index (χ2v) is 6.37. The number of nitrogens with zero attached hydrogens (tertiary/aromatic N) is 2. The molecular weight excluding hydrogens is 364 g/mol. The molecule has 2 nitrogen and oxygen atoms in total. The normalized spacial score (nSPS) is 11.8. The van der Waals surface area contributed by atoms with Crippen molar-refractivity contribution < 1.29 is 17.7 Å². The van der Waals surface area contributed by atoms with Crippen molar-refractivity contribution in [1.29, 1.82) is 0 Å². The molecule has 26 heavy (non-hydrogen) atoms. The van der Waals surface area contributed by atoms with E-state index in [0.29, 0.717) is 28.5 Å². The van der Waals surface area contributed by atoms with Gasteiger partial charge in [0.1, 0.15) is 0 Å². The number of hydrogen-bond acceptors (Lipinski definition) is 3. The van der Waals surface area contributed by atoms with Gasteiger partial charge in [-0.3, -0.25) is 0 Å². The number of thiol groups is 1. The molecule has 142 valence electrons. The molecule has 2 aromatic carbocycles. The molecule has 0 saturated heterocycles. The van der Waals surface area contributed by atoms with Gasteiger partial charge in [0.25, 0.3) is 0 Å². The zero-order valence-electron chi connectivity index (χ0n) is 14.7. The van der Waals surface area contributed by atoms with Crippen LogP contribution < -0.4 is 5.12 Å². The van der Waals surface area contributed by atoms with Crippen LogP contribution in [0.2, 0.25) is 0 Å². The lowest BCUT2D eigenvalue weighted by molar-refractivity contribution is -0.137. The van der Waals surface area contributed by atoms with Crippen molar-refractivity contribution in [1.82, 2.24) is 4.90 Å². The number of hydrogen-bond donors (Lipinski definition) is 1. The van der Waals surface area contributed by atoms with Crippen molar-refractivity contribution in [2.24, 2.45) is 0 Å². The summed E-state index contributed by atoms with van der Waals surface area (Å²) in [6.45, 7) is 6.53. The highest BCUT2D eigenvalue weighted by atomic mass is 32.1. The van der Waals surface area contributed by atoms with Gasteiger partial charge in [0, 0.05) is 11.4 Å². The lowest BCUT2D eigenvalue weighted by Gasteiger charge is -2.21. The highest BCUT2D eigenvalue weighted by Crippen LogP contribution is 2.35. The van der Waals surface area contributed by atoms with Crippen molar-refractivity contribution >= 4 is 18.3 Å². The Kier molecular flexibility index (Phi) is 6.94. The third kappa shape index (κ3) is 5.14. The summed E-state index contributed by atoms with van der Waals surface area (Å²) in [4.78, 5) is 2.31. The summed E-state index contributed by atoms with van der Waals surface area (Å²) in [5, 5.41) is 0.657. The van der Waals surface area contributed by atoms with Crippen LogP contribution in [0.1, 0.15) is 19.4 Å². The highest BCUT2D eigenvalue weighted by Gasteiger charge is 2.30. The van der Waals surface area contributed by atoms with E-state index in [1.165, 1.54) is 6.07 Å². The number of likely N-dealkylation sites (N-methyl/N-ethyl adjacent to an activating group) is 1. The van der Waals surface area contributed by atoms with Crippen molar-refractivity contribution in [2.75, 3.05) is 31.3 Å². The Morgan fingerprint density at radius 1 is 0.962 bits per heavy atom. The molecule has 0 aliphatic carbocycles. The van der Waals surface area contributed by atoms with E-state index in [0.717, 1.165) is 25.2 Å². The standard InChI is InChI=1S/C19H22F4N2S/c1-3-24(4-2)10-11-25(23)16-7-5-6-14(12-16)17-9-8-15(13-18(17)26)19(20,21)22/h5-9,12-13,26H,3-4,10-11H2,1-2H3. The fraction of sp³-hybridized carbons (Fsp3) is 0.368. The van der Waals surface area contributed by atoms with Crippen molar-refractivity contribution in [3.63, 3.8) is 0 Å². The van der Waals surface area contributed by atoms with Gasteiger partial charge >= 0.3 is 6.18 Å². The topological polar surface area (TPSA) is 6.48 Å². The molecule has 0 aliphatic rings. The van der Waals surface area contributed by atoms with Crippen LogP contribution in [0, 0.1) is 0 Å². The second kappa shape index (κ2) is 8.77. The molecule has 0 fully saturated rings. The fourth-order valence-electron chi connectivity index (χ4n) is 2.67. The van der Waals surface area contributed by atoms with Crippen LogP contribution >= 0.6 is 12.6 Å². The number of halogens is 4. The van der Waals surface area contributed by atoms with Gasteiger partial charge in [0.2, 0.25) is 0 Å². The van der Waals surface area contributed by atoms with Gasteiger partial charge in [-0.1, -0.05) is 36.5 Å². The summed E-state index contributed by atoms with van der Waals surface area (Å²) >= 11 is 4.18. The van der Waals surface area contributed by atoms with E-state index in [-0.39, 0.29) is 11.4 Å². The van der Waals surface area contributed by atoms with Crippen LogP contribution in [0.3, 0.4) is 0 Å². The average Bonchev–Trinajstić information content (AvgIpc) is 2.61. The Balaban J connectivity index is 2.21. The molecule has 0 bridgehead atoms. The number of rotatable bonds is 7. The molecule has 0 aromatic heterocycles. The molecule has 0 N–H and O–H groups in total. The fourth-order valence-corrected chi connectivity index (χ4v) is 3.02. The number of anilines is 1. The summed E-state index contributed by atoms with van der Waals surface area (Å²) in [5.41, 5.74) is 0.753. The predicted molar refractivity (Wildman–Crippen MR) is 100 cm³/mol. The molecule has 0 radical (unpaired) electrons. The summed E-state index contributed by atoms with van der Waals surface area (Å²) in [6, 6.07) is 10.0. The summed E-state index contributed by atoms with van der Waals surface area (Å²) < 4.78 is 52.8. The zero-order chi connectivity index (χ0) is 19.3. The largest absolute Gasteiger partial charge is 0.416 e. The van der Waals surface area contributed by atoms with Gasteiger partial charge in [-0.2, -0.15) is 13.2 Å². The molecule has 0 unspecified atom stereocenters. The van der Waals surface area contributed by atoms with Crippen molar-refractivity contribution in [2.45, 2.75) is 24.9 Å². The van der Waals surface area contributed by atoms with Crippen LogP contribution in [0.5, 0.6) is 0 Å². The monoisotopic (exact) mass is 386 g/mol. The summed E-state index contributed by atoms with van der Waals surface area (Å²) in [7, 11) is 0. The Bertz CT molecular complexity index is 730. The summed E-state index contributed by atoms with van der Waals surface area (Å²) in [6.07, 6.45) is -4.42. The first-order valence-electron chi connectivity index (χ1n) is 8.42. The summed E-state index contributed by atoms with van der Waals surface area (Å²) in [5.74, 6) is 0. The van der Waals surface area contributed by atoms with Gasteiger partial charge in [0.05, 0.1) is 17.8 Å². The molecule has 2 rings (SSSR count). The van der Waals surface area contributed by atoms with E-state index in [2.05, 4.69) is 17.5 Å². The molecule has 0 heterocycles. The van der Waals surface area contributed by atoms with E-state index in [1.54, 1.807) is 24.3 Å². The number of alkyl halides is 3. The van der Waals surface area contributed by atoms with E-state index < -0.39 is 11.7 Å². The van der Waals surface area contributed by atoms with Gasteiger partial charge in [0.15, 0.2) is 0 Å². The smallest absolute Gasteiger partial charge is 0.302 e. The molecule has 0 aliphatic heterocycles. The van der Waals surface area contributed by atoms with E-state index in [1.807, 2.05) is 13.8 Å². The average molecular weight is 386 g/mol. The van der Waals surface area contributed by atoms with Crippen molar-refractivity contribution in [3.05, 3.63) is 48.0 Å². The molecule has 2 aromatic rings. The Hall–Kier alpha value is -1.73. The molecule has 0 amide bonds. The molecule has 0 atom stereocenters. The first kappa shape index (κ1) is 20.6. The van der Waals surface area contributed by atoms with Gasteiger partial charge in [-0.05, 0) is 48.5 Å². The maximum atomic E-state index is 14.4. The van der Waals surface area contributed by atoms with Crippen LogP contribution in [-0.2, 0) is 6.18 Å². The Labute approximate surface area is 156 Å². The van der Waals surface area contributed by atoms with Gasteiger partial charge in [-0.25, -0.2) is 5.12 Å². The lowest BCUT2D eigenvalue weighted by atomic mass is 10.0. The minimum Gasteiger partial charge on any atom is -0.302 e. The number of benzene rings is 2. The molecule has 7 heteroatoms. The zero-order valence-corrected chi connectivity index (χ0v) is 15.6. The first-order valence-corrected chi connectivity index (χ1v) is 8.87. The predicted octanol–water partition coefficient (Wildman–Crippen LogP) is 5.69. The van der Waals surface area contributed by atoms with Crippen LogP contribution in [0.15, 0.2) is 47.4 Å². The maximum absolute atomic E-state index is 14.4. The lowest BCUT2D eigenvalue weighted by Crippen LogP contribution is -2.31. The minimum atomic E-state index is -4.42. The molecule has 0 spiro atoms. The van der Waals surface area contributed by atoms with E-state index >= 15 is 0 Å². The van der Waals surface area contributed by atoms with Gasteiger partial charge in [-0.15, -0.1) is 12.6 Å². The van der Waals surface area contributed by atoms with Crippen molar-refractivity contribution in [3.8, 4) is 11.1 Å². The third-order valence-corrected chi connectivity index (χ3v) is 4.64. The van der Waals surface area contributed by atoms with Crippen LogP contribution in [0.25, 0.3) is 11.1 Å². The van der Waals surface area contributed by atoms with E-state index in [9.17, 15) is 17.7 Å². The molecular formula is C19H22F4N2S. The minimum absolute atomic E-state index is 0.200.